The van der Waals surface area contributed by atoms with Gasteiger partial charge in [0.25, 0.3) is 0 Å². The van der Waals surface area contributed by atoms with Crippen molar-refractivity contribution < 1.29 is 26.7 Å². The lowest BCUT2D eigenvalue weighted by atomic mass is 10.3. The summed E-state index contributed by atoms with van der Waals surface area (Å²) in [6.45, 7) is -1.20. The summed E-state index contributed by atoms with van der Waals surface area (Å²) in [6.07, 6.45) is -7.71. The molecule has 0 saturated heterocycles. The Kier molecular flexibility index (Phi) is 4.67. The van der Waals surface area contributed by atoms with Crippen molar-refractivity contribution in [2.24, 2.45) is 0 Å². The van der Waals surface area contributed by atoms with Crippen LogP contribution in [0.2, 0.25) is 5.02 Å². The molecule has 10 heteroatoms. The highest BCUT2D eigenvalue weighted by Gasteiger charge is 2.38. The van der Waals surface area contributed by atoms with E-state index in [1.807, 2.05) is 0 Å². The first-order chi connectivity index (χ1) is 8.54. The number of nitrogen functional groups attached to an aromatic ring is 1. The van der Waals surface area contributed by atoms with Crippen LogP contribution in [0, 0.1) is 0 Å². The van der Waals surface area contributed by atoms with Gasteiger partial charge in [0.1, 0.15) is 4.90 Å². The molecule has 0 aliphatic rings. The SMILES string of the molecule is Nc1ccc(S(=O)(=O)NCC(O)C(F)(F)F)c(Cl)c1. The summed E-state index contributed by atoms with van der Waals surface area (Å²) in [7, 11) is -4.26. The fourth-order valence-electron chi connectivity index (χ4n) is 1.12. The normalized spacial score (nSPS) is 14.4. The molecule has 0 heterocycles. The number of rotatable bonds is 4. The number of halogens is 4. The number of aliphatic hydroxyl groups is 1. The highest BCUT2D eigenvalue weighted by atomic mass is 35.5. The van der Waals surface area contributed by atoms with Crippen LogP contribution in [-0.2, 0) is 10.0 Å². The lowest BCUT2D eigenvalue weighted by Crippen LogP contribution is -2.40. The van der Waals surface area contributed by atoms with Crippen molar-refractivity contribution >= 4 is 27.3 Å². The van der Waals surface area contributed by atoms with E-state index in [0.717, 1.165) is 12.1 Å². The largest absolute Gasteiger partial charge is 0.415 e. The number of aliphatic hydroxyl groups excluding tert-OH is 1. The van der Waals surface area contributed by atoms with Crippen molar-refractivity contribution in [1.29, 1.82) is 0 Å². The molecule has 1 aromatic carbocycles. The first-order valence-corrected chi connectivity index (χ1v) is 6.69. The minimum atomic E-state index is -4.91. The number of benzene rings is 1. The predicted molar refractivity (Wildman–Crippen MR) is 63.1 cm³/mol. The molecular weight excluding hydrogens is 309 g/mol. The number of anilines is 1. The van der Waals surface area contributed by atoms with E-state index in [0.29, 0.717) is 0 Å². The third kappa shape index (κ3) is 4.23. The summed E-state index contributed by atoms with van der Waals surface area (Å²) in [6, 6.07) is 3.44. The van der Waals surface area contributed by atoms with E-state index < -0.39 is 33.7 Å². The molecule has 0 saturated carbocycles. The summed E-state index contributed by atoms with van der Waals surface area (Å²) in [5.41, 5.74) is 5.57. The van der Waals surface area contributed by atoms with E-state index in [1.54, 1.807) is 4.72 Å². The molecule has 0 aliphatic heterocycles. The monoisotopic (exact) mass is 318 g/mol. The molecule has 108 valence electrons. The van der Waals surface area contributed by atoms with Crippen molar-refractivity contribution in [2.45, 2.75) is 17.2 Å². The van der Waals surface area contributed by atoms with Gasteiger partial charge in [-0.15, -0.1) is 0 Å². The Bertz CT molecular complexity index is 562. The van der Waals surface area contributed by atoms with E-state index in [2.05, 4.69) is 0 Å². The molecule has 0 fully saturated rings. The molecule has 4 N–H and O–H groups in total. The van der Waals surface area contributed by atoms with E-state index in [9.17, 15) is 21.6 Å². The molecule has 1 atom stereocenters. The van der Waals surface area contributed by atoms with Crippen LogP contribution in [-0.4, -0.2) is 32.3 Å². The van der Waals surface area contributed by atoms with Crippen LogP contribution < -0.4 is 10.5 Å². The quantitative estimate of drug-likeness (QED) is 0.725. The zero-order chi connectivity index (χ0) is 14.8. The van der Waals surface area contributed by atoms with Gasteiger partial charge >= 0.3 is 6.18 Å². The Morgan fingerprint density at radius 3 is 2.47 bits per heavy atom. The third-order valence-corrected chi connectivity index (χ3v) is 4.00. The Balaban J connectivity index is 2.88. The Labute approximate surface area is 112 Å². The van der Waals surface area contributed by atoms with E-state index in [1.165, 1.54) is 6.07 Å². The van der Waals surface area contributed by atoms with Crippen molar-refractivity contribution in [3.05, 3.63) is 23.2 Å². The molecule has 5 nitrogen and oxygen atoms in total. The summed E-state index contributed by atoms with van der Waals surface area (Å²) in [4.78, 5) is -0.419. The van der Waals surface area contributed by atoms with E-state index >= 15 is 0 Å². The highest BCUT2D eigenvalue weighted by Crippen LogP contribution is 2.24. The van der Waals surface area contributed by atoms with Crippen LogP contribution in [0.5, 0.6) is 0 Å². The predicted octanol–water partition coefficient (Wildman–Crippen LogP) is 1.12. The van der Waals surface area contributed by atoms with Gasteiger partial charge in [0.2, 0.25) is 10.0 Å². The molecule has 0 bridgehead atoms. The molecule has 1 aromatic rings. The van der Waals surface area contributed by atoms with Crippen LogP contribution in [0.3, 0.4) is 0 Å². The molecule has 0 radical (unpaired) electrons. The van der Waals surface area contributed by atoms with E-state index in [-0.39, 0.29) is 10.7 Å². The number of hydrogen-bond donors (Lipinski definition) is 3. The van der Waals surface area contributed by atoms with Gasteiger partial charge < -0.3 is 10.8 Å². The van der Waals surface area contributed by atoms with Gasteiger partial charge in [-0.3, -0.25) is 0 Å². The number of nitrogens with one attached hydrogen (secondary N) is 1. The van der Waals surface area contributed by atoms with Gasteiger partial charge in [-0.25, -0.2) is 13.1 Å². The van der Waals surface area contributed by atoms with Crippen molar-refractivity contribution in [1.82, 2.24) is 4.72 Å². The number of hydrogen-bond acceptors (Lipinski definition) is 4. The molecule has 1 unspecified atom stereocenters. The van der Waals surface area contributed by atoms with Gasteiger partial charge in [-0.2, -0.15) is 13.2 Å². The van der Waals surface area contributed by atoms with Gasteiger partial charge in [0.15, 0.2) is 6.10 Å². The molecule has 0 aromatic heterocycles. The van der Waals surface area contributed by atoms with Crippen molar-refractivity contribution in [3.63, 3.8) is 0 Å². The maximum absolute atomic E-state index is 12.0. The van der Waals surface area contributed by atoms with Crippen molar-refractivity contribution in [3.8, 4) is 0 Å². The maximum atomic E-state index is 12.0. The Morgan fingerprint density at radius 1 is 1.42 bits per heavy atom. The summed E-state index contributed by atoms with van der Waals surface area (Å²) in [5, 5.41) is 8.48. The second-order valence-corrected chi connectivity index (χ2v) is 5.74. The fourth-order valence-corrected chi connectivity index (χ4v) is 2.71. The molecule has 19 heavy (non-hydrogen) atoms. The van der Waals surface area contributed by atoms with Crippen LogP contribution >= 0.6 is 11.6 Å². The number of nitrogens with two attached hydrogens (primary N) is 1. The second-order valence-electron chi connectivity index (χ2n) is 3.60. The average Bonchev–Trinajstić information content (AvgIpc) is 2.24. The van der Waals surface area contributed by atoms with Gasteiger partial charge in [0.05, 0.1) is 5.02 Å². The molecule has 0 amide bonds. The zero-order valence-electron chi connectivity index (χ0n) is 9.28. The summed E-state index contributed by atoms with van der Waals surface area (Å²) >= 11 is 5.64. The minimum absolute atomic E-state index is 0.208. The Hall–Kier alpha value is -1.03. The Morgan fingerprint density at radius 2 is 2.00 bits per heavy atom. The van der Waals surface area contributed by atoms with Gasteiger partial charge in [-0.05, 0) is 18.2 Å². The molecular formula is C9H10ClF3N2O3S. The highest BCUT2D eigenvalue weighted by molar-refractivity contribution is 7.89. The lowest BCUT2D eigenvalue weighted by molar-refractivity contribution is -0.200. The fraction of sp³-hybridized carbons (Fsp3) is 0.333. The molecule has 0 aliphatic carbocycles. The summed E-state index contributed by atoms with van der Waals surface area (Å²) < 4.78 is 61.1. The van der Waals surface area contributed by atoms with Crippen LogP contribution in [0.4, 0.5) is 18.9 Å². The van der Waals surface area contributed by atoms with Gasteiger partial charge in [0, 0.05) is 12.2 Å². The van der Waals surface area contributed by atoms with Crippen LogP contribution in [0.15, 0.2) is 23.1 Å². The lowest BCUT2D eigenvalue weighted by Gasteiger charge is -2.15. The third-order valence-electron chi connectivity index (χ3n) is 2.09. The first kappa shape index (κ1) is 16.0. The van der Waals surface area contributed by atoms with Gasteiger partial charge in [-0.1, -0.05) is 11.6 Å². The second kappa shape index (κ2) is 5.53. The summed E-state index contributed by atoms with van der Waals surface area (Å²) in [5.74, 6) is 0. The maximum Gasteiger partial charge on any atom is 0.415 e. The van der Waals surface area contributed by atoms with Crippen molar-refractivity contribution in [2.75, 3.05) is 12.3 Å². The first-order valence-electron chi connectivity index (χ1n) is 4.83. The number of sulfonamides is 1. The average molecular weight is 319 g/mol. The van der Waals surface area contributed by atoms with Crippen LogP contribution in [0.25, 0.3) is 0 Å². The number of alkyl halides is 3. The molecule has 1 rings (SSSR count). The topological polar surface area (TPSA) is 92.4 Å². The molecule has 0 spiro atoms. The standard InChI is InChI=1S/C9H10ClF3N2O3S/c10-6-3-5(14)1-2-7(6)19(17,18)15-4-8(16)9(11,12)13/h1-3,8,15-16H,4,14H2. The van der Waals surface area contributed by atoms with E-state index in [4.69, 9.17) is 22.4 Å². The van der Waals surface area contributed by atoms with Crippen LogP contribution in [0.1, 0.15) is 0 Å². The minimum Gasteiger partial charge on any atom is -0.399 e. The zero-order valence-corrected chi connectivity index (χ0v) is 10.9. The smallest absolute Gasteiger partial charge is 0.399 e.